The average molecular weight is 205 g/mol. The summed E-state index contributed by atoms with van der Waals surface area (Å²) in [4.78, 5) is 0. The Bertz CT molecular complexity index is 154. The van der Waals surface area contributed by atoms with Gasteiger partial charge in [0.15, 0.2) is 0 Å². The van der Waals surface area contributed by atoms with E-state index < -0.39 is 0 Å². The molecule has 0 saturated heterocycles. The maximum absolute atomic E-state index is 6.04. The zero-order valence-electron chi connectivity index (χ0n) is 7.68. The molecule has 1 unspecified atom stereocenters. The Balaban J connectivity index is 2.21. The van der Waals surface area contributed by atoms with Crippen LogP contribution in [0.15, 0.2) is 11.6 Å². The van der Waals surface area contributed by atoms with E-state index in [1.165, 1.54) is 37.2 Å². The number of hydrogen-bond donors (Lipinski definition) is 0. The van der Waals surface area contributed by atoms with E-state index in [1.807, 2.05) is 11.8 Å². The van der Waals surface area contributed by atoms with E-state index in [-0.39, 0.29) is 0 Å². The predicted molar refractivity (Wildman–Crippen MR) is 59.2 cm³/mol. The Labute approximate surface area is 84.8 Å². The van der Waals surface area contributed by atoms with Gasteiger partial charge in [-0.05, 0) is 37.2 Å². The Morgan fingerprint density at radius 3 is 3.17 bits per heavy atom. The van der Waals surface area contributed by atoms with Crippen LogP contribution in [-0.4, -0.2) is 16.9 Å². The van der Waals surface area contributed by atoms with Crippen molar-refractivity contribution in [3.63, 3.8) is 0 Å². The molecular weight excluding hydrogens is 188 g/mol. The van der Waals surface area contributed by atoms with Crippen molar-refractivity contribution in [3.05, 3.63) is 11.6 Å². The van der Waals surface area contributed by atoms with Crippen LogP contribution in [0.4, 0.5) is 0 Å². The van der Waals surface area contributed by atoms with Crippen LogP contribution in [0.25, 0.3) is 0 Å². The molecule has 0 aliphatic heterocycles. The summed E-state index contributed by atoms with van der Waals surface area (Å²) in [6.45, 7) is 2.21. The number of hydrogen-bond acceptors (Lipinski definition) is 1. The molecule has 0 amide bonds. The molecule has 0 aromatic carbocycles. The minimum Gasteiger partial charge on any atom is -0.162 e. The van der Waals surface area contributed by atoms with Gasteiger partial charge in [0.25, 0.3) is 0 Å². The Kier molecular flexibility index (Phi) is 5.17. The number of halogens is 1. The molecule has 0 saturated carbocycles. The molecule has 0 N–H and O–H groups in total. The topological polar surface area (TPSA) is 0 Å². The molecule has 0 aromatic heterocycles. The normalized spacial score (nSPS) is 23.8. The molecule has 1 aliphatic carbocycles. The first kappa shape index (κ1) is 10.5. The molecule has 0 radical (unpaired) electrons. The van der Waals surface area contributed by atoms with Gasteiger partial charge in [0.05, 0.1) is 5.38 Å². The van der Waals surface area contributed by atoms with Crippen molar-refractivity contribution >= 4 is 23.4 Å². The first-order chi connectivity index (χ1) is 5.83. The van der Waals surface area contributed by atoms with Crippen LogP contribution in [0.2, 0.25) is 0 Å². The fourth-order valence-corrected chi connectivity index (χ4v) is 2.53. The largest absolute Gasteiger partial charge is 0.162 e. The summed E-state index contributed by atoms with van der Waals surface area (Å²) in [5.74, 6) is 2.50. The zero-order chi connectivity index (χ0) is 8.81. The standard InChI is InChI=1S/C10H17ClS/c1-2-12-7-6-9-4-3-5-10(11)8-9/h8,10H,2-7H2,1H3. The van der Waals surface area contributed by atoms with Gasteiger partial charge in [0, 0.05) is 0 Å². The van der Waals surface area contributed by atoms with Gasteiger partial charge in [-0.1, -0.05) is 18.6 Å². The van der Waals surface area contributed by atoms with Crippen LogP contribution in [0.3, 0.4) is 0 Å². The molecule has 1 aliphatic rings. The van der Waals surface area contributed by atoms with Gasteiger partial charge in [-0.15, -0.1) is 11.6 Å². The summed E-state index contributed by atoms with van der Waals surface area (Å²) >= 11 is 8.06. The molecule has 1 atom stereocenters. The maximum atomic E-state index is 6.04. The minimum atomic E-state index is 0.320. The van der Waals surface area contributed by atoms with Gasteiger partial charge in [-0.2, -0.15) is 11.8 Å². The fraction of sp³-hybridized carbons (Fsp3) is 0.800. The molecule has 0 spiro atoms. The average Bonchev–Trinajstić information content (AvgIpc) is 2.05. The van der Waals surface area contributed by atoms with Crippen LogP contribution >= 0.6 is 23.4 Å². The van der Waals surface area contributed by atoms with Crippen molar-refractivity contribution in [1.29, 1.82) is 0 Å². The van der Waals surface area contributed by atoms with E-state index in [2.05, 4.69) is 13.0 Å². The highest BCUT2D eigenvalue weighted by atomic mass is 35.5. The molecule has 0 nitrogen and oxygen atoms in total. The van der Waals surface area contributed by atoms with Crippen LogP contribution in [0.1, 0.15) is 32.6 Å². The SMILES string of the molecule is CCSCCC1=CC(Cl)CCC1. The second kappa shape index (κ2) is 5.93. The fourth-order valence-electron chi connectivity index (χ4n) is 1.50. The van der Waals surface area contributed by atoms with E-state index in [0.29, 0.717) is 5.38 Å². The molecule has 12 heavy (non-hydrogen) atoms. The van der Waals surface area contributed by atoms with E-state index >= 15 is 0 Å². The maximum Gasteiger partial charge on any atom is 0.0518 e. The second-order valence-corrected chi connectivity index (χ2v) is 5.13. The molecule has 2 heteroatoms. The van der Waals surface area contributed by atoms with Gasteiger partial charge in [0.1, 0.15) is 0 Å². The summed E-state index contributed by atoms with van der Waals surface area (Å²) in [6, 6.07) is 0. The van der Waals surface area contributed by atoms with E-state index in [9.17, 15) is 0 Å². The summed E-state index contributed by atoms with van der Waals surface area (Å²) in [7, 11) is 0. The molecular formula is C10H17ClS. The summed E-state index contributed by atoms with van der Waals surface area (Å²) < 4.78 is 0. The van der Waals surface area contributed by atoms with Gasteiger partial charge in [-0.25, -0.2) is 0 Å². The molecule has 0 fully saturated rings. The Morgan fingerprint density at radius 2 is 2.50 bits per heavy atom. The Hall–Kier alpha value is 0.380. The zero-order valence-corrected chi connectivity index (χ0v) is 9.26. The van der Waals surface area contributed by atoms with Crippen LogP contribution < -0.4 is 0 Å². The summed E-state index contributed by atoms with van der Waals surface area (Å²) in [5, 5.41) is 0.320. The highest BCUT2D eigenvalue weighted by molar-refractivity contribution is 7.99. The van der Waals surface area contributed by atoms with Gasteiger partial charge in [-0.3, -0.25) is 0 Å². The third kappa shape index (κ3) is 3.86. The lowest BCUT2D eigenvalue weighted by Crippen LogP contribution is -2.03. The monoisotopic (exact) mass is 204 g/mol. The first-order valence-electron chi connectivity index (χ1n) is 4.74. The van der Waals surface area contributed by atoms with Gasteiger partial charge < -0.3 is 0 Å². The van der Waals surface area contributed by atoms with Crippen molar-refractivity contribution in [2.75, 3.05) is 11.5 Å². The van der Waals surface area contributed by atoms with E-state index in [4.69, 9.17) is 11.6 Å². The van der Waals surface area contributed by atoms with Crippen molar-refractivity contribution in [2.45, 2.75) is 38.0 Å². The van der Waals surface area contributed by atoms with Gasteiger partial charge in [0.2, 0.25) is 0 Å². The van der Waals surface area contributed by atoms with Gasteiger partial charge >= 0.3 is 0 Å². The number of thioether (sulfide) groups is 1. The van der Waals surface area contributed by atoms with Crippen LogP contribution in [-0.2, 0) is 0 Å². The molecule has 0 heterocycles. The number of allylic oxidation sites excluding steroid dienone is 2. The minimum absolute atomic E-state index is 0.320. The molecule has 0 bridgehead atoms. The lowest BCUT2D eigenvalue weighted by Gasteiger charge is -2.15. The van der Waals surface area contributed by atoms with Crippen LogP contribution in [0, 0.1) is 0 Å². The molecule has 70 valence electrons. The summed E-state index contributed by atoms with van der Waals surface area (Å²) in [5.41, 5.74) is 1.59. The third-order valence-electron chi connectivity index (χ3n) is 2.17. The van der Waals surface area contributed by atoms with E-state index in [1.54, 1.807) is 5.57 Å². The van der Waals surface area contributed by atoms with Crippen molar-refractivity contribution in [3.8, 4) is 0 Å². The summed E-state index contributed by atoms with van der Waals surface area (Å²) in [6.07, 6.45) is 7.26. The number of rotatable bonds is 4. The molecule has 0 aromatic rings. The van der Waals surface area contributed by atoms with Crippen molar-refractivity contribution in [1.82, 2.24) is 0 Å². The van der Waals surface area contributed by atoms with Crippen LogP contribution in [0.5, 0.6) is 0 Å². The molecule has 1 rings (SSSR count). The quantitative estimate of drug-likeness (QED) is 0.381. The van der Waals surface area contributed by atoms with Crippen molar-refractivity contribution < 1.29 is 0 Å². The lowest BCUT2D eigenvalue weighted by atomic mass is 9.98. The third-order valence-corrected chi connectivity index (χ3v) is 3.41. The smallest absolute Gasteiger partial charge is 0.0518 e. The first-order valence-corrected chi connectivity index (χ1v) is 6.33. The predicted octanol–water partition coefficient (Wildman–Crippen LogP) is 3.85. The second-order valence-electron chi connectivity index (χ2n) is 3.18. The highest BCUT2D eigenvalue weighted by Crippen LogP contribution is 2.24. The Morgan fingerprint density at radius 1 is 1.67 bits per heavy atom. The lowest BCUT2D eigenvalue weighted by molar-refractivity contribution is 0.690. The highest BCUT2D eigenvalue weighted by Gasteiger charge is 2.09. The van der Waals surface area contributed by atoms with E-state index in [0.717, 1.165) is 0 Å². The number of alkyl halides is 1. The van der Waals surface area contributed by atoms with Crippen molar-refractivity contribution in [2.24, 2.45) is 0 Å².